The van der Waals surface area contributed by atoms with E-state index in [9.17, 15) is 9.59 Å². The Morgan fingerprint density at radius 3 is 2.54 bits per heavy atom. The number of benzene rings is 1. The van der Waals surface area contributed by atoms with Crippen molar-refractivity contribution < 1.29 is 19.1 Å². The zero-order valence-electron chi connectivity index (χ0n) is 15.9. The first-order chi connectivity index (χ1) is 13.7. The maximum Gasteiger partial charge on any atom is 0.339 e. The smallest absolute Gasteiger partial charge is 0.339 e. The van der Waals surface area contributed by atoms with E-state index in [0.717, 1.165) is 31.6 Å². The molecule has 28 heavy (non-hydrogen) atoms. The lowest BCUT2D eigenvalue weighted by Gasteiger charge is -2.31. The molecule has 2 aliphatic heterocycles. The first kappa shape index (κ1) is 18.3. The Kier molecular flexibility index (Phi) is 5.14. The summed E-state index contributed by atoms with van der Waals surface area (Å²) in [6.07, 6.45) is 4.82. The number of esters is 1. The van der Waals surface area contributed by atoms with Crippen molar-refractivity contribution in [3.8, 4) is 5.75 Å². The van der Waals surface area contributed by atoms with Crippen LogP contribution in [0, 0.1) is 0 Å². The van der Waals surface area contributed by atoms with Gasteiger partial charge in [-0.2, -0.15) is 0 Å². The van der Waals surface area contributed by atoms with Crippen LogP contribution in [0.2, 0.25) is 0 Å². The topological polar surface area (TPSA) is 72.0 Å². The lowest BCUT2D eigenvalue weighted by Crippen LogP contribution is -2.36. The third kappa shape index (κ3) is 3.52. The molecular formula is C21H23N3O4. The van der Waals surface area contributed by atoms with Crippen LogP contribution in [0.3, 0.4) is 0 Å². The summed E-state index contributed by atoms with van der Waals surface area (Å²) < 4.78 is 10.5. The molecule has 0 N–H and O–H groups in total. The number of rotatable bonds is 3. The Labute approximate surface area is 163 Å². The third-order valence-corrected chi connectivity index (χ3v) is 5.16. The van der Waals surface area contributed by atoms with E-state index in [1.54, 1.807) is 12.1 Å². The van der Waals surface area contributed by atoms with Crippen LogP contribution in [0.4, 0.5) is 11.5 Å². The third-order valence-electron chi connectivity index (χ3n) is 5.16. The number of carbonyl (C=O) groups excluding carboxylic acids is 2. The van der Waals surface area contributed by atoms with Crippen LogP contribution in [0.1, 0.15) is 40.0 Å². The molecule has 146 valence electrons. The monoisotopic (exact) mass is 381 g/mol. The highest BCUT2D eigenvalue weighted by atomic mass is 16.5. The molecule has 0 radical (unpaired) electrons. The summed E-state index contributed by atoms with van der Waals surface area (Å²) in [6.45, 7) is 2.77. The minimum atomic E-state index is -0.415. The summed E-state index contributed by atoms with van der Waals surface area (Å²) in [5, 5.41) is 0. The molecule has 1 aromatic carbocycles. The zero-order chi connectivity index (χ0) is 19.5. The van der Waals surface area contributed by atoms with Gasteiger partial charge < -0.3 is 19.3 Å². The molecule has 0 saturated carbocycles. The van der Waals surface area contributed by atoms with Crippen LogP contribution in [0.15, 0.2) is 36.5 Å². The van der Waals surface area contributed by atoms with Gasteiger partial charge in [-0.3, -0.25) is 4.79 Å². The minimum absolute atomic E-state index is 0.0591. The summed E-state index contributed by atoms with van der Waals surface area (Å²) in [4.78, 5) is 32.7. The molecule has 7 nitrogen and oxygen atoms in total. The Bertz CT molecular complexity index is 876. The molecule has 1 fully saturated rings. The van der Waals surface area contributed by atoms with E-state index in [1.165, 1.54) is 19.7 Å². The van der Waals surface area contributed by atoms with Gasteiger partial charge >= 0.3 is 5.97 Å². The van der Waals surface area contributed by atoms with Crippen LogP contribution in [-0.2, 0) is 4.74 Å². The molecule has 0 unspecified atom stereocenters. The number of likely N-dealkylation sites (tertiary alicyclic amines) is 1. The number of aromatic nitrogens is 1. The summed E-state index contributed by atoms with van der Waals surface area (Å²) in [5.41, 5.74) is 1.92. The van der Waals surface area contributed by atoms with Gasteiger partial charge in [0.25, 0.3) is 5.91 Å². The molecular weight excluding hydrogens is 358 g/mol. The predicted octanol–water partition coefficient (Wildman–Crippen LogP) is 3.02. The van der Waals surface area contributed by atoms with E-state index in [2.05, 4.69) is 4.98 Å². The van der Waals surface area contributed by atoms with Crippen molar-refractivity contribution in [1.82, 2.24) is 9.88 Å². The second-order valence-corrected chi connectivity index (χ2v) is 6.93. The number of hydrogen-bond donors (Lipinski definition) is 0. The van der Waals surface area contributed by atoms with Crippen molar-refractivity contribution in [3.05, 3.63) is 47.7 Å². The number of piperidine rings is 1. The van der Waals surface area contributed by atoms with E-state index >= 15 is 0 Å². The van der Waals surface area contributed by atoms with Crippen LogP contribution in [-0.4, -0.2) is 55.1 Å². The van der Waals surface area contributed by atoms with Crippen LogP contribution < -0.4 is 9.64 Å². The number of pyridine rings is 1. The Hall–Kier alpha value is -3.09. The number of nitrogens with zero attached hydrogens (tertiary/aromatic N) is 3. The average Bonchev–Trinajstić information content (AvgIpc) is 2.78. The summed E-state index contributed by atoms with van der Waals surface area (Å²) in [7, 11) is 1.34. The maximum absolute atomic E-state index is 12.8. The fourth-order valence-corrected chi connectivity index (χ4v) is 3.65. The lowest BCUT2D eigenvalue weighted by atomic mass is 10.1. The minimum Gasteiger partial charge on any atom is -0.490 e. The first-order valence-electron chi connectivity index (χ1n) is 9.55. The van der Waals surface area contributed by atoms with E-state index in [4.69, 9.17) is 9.47 Å². The summed E-state index contributed by atoms with van der Waals surface area (Å²) >= 11 is 0. The highest BCUT2D eigenvalue weighted by Gasteiger charge is 2.24. The average molecular weight is 381 g/mol. The van der Waals surface area contributed by atoms with E-state index in [0.29, 0.717) is 35.8 Å². The van der Waals surface area contributed by atoms with Crippen LogP contribution in [0.25, 0.3) is 0 Å². The molecule has 0 spiro atoms. The fraction of sp³-hybridized carbons (Fsp3) is 0.381. The molecule has 4 rings (SSSR count). The highest BCUT2D eigenvalue weighted by Crippen LogP contribution is 2.36. The molecule has 0 bridgehead atoms. The second-order valence-electron chi connectivity index (χ2n) is 6.93. The maximum atomic E-state index is 12.8. The van der Waals surface area contributed by atoms with Gasteiger partial charge in [0.15, 0.2) is 0 Å². The Morgan fingerprint density at radius 2 is 1.82 bits per heavy atom. The van der Waals surface area contributed by atoms with Gasteiger partial charge in [-0.15, -0.1) is 0 Å². The van der Waals surface area contributed by atoms with E-state index in [-0.39, 0.29) is 5.91 Å². The standard InChI is InChI=1S/C21H23N3O4/c1-27-21(26)16-6-8-19(22-14-16)24-11-12-28-18-13-15(5-7-17(18)24)20(25)23-9-3-2-4-10-23/h5-8,13-14H,2-4,9-12H2,1H3. The SMILES string of the molecule is COC(=O)c1ccc(N2CCOc3cc(C(=O)N4CCCCC4)ccc32)nc1. The van der Waals surface area contributed by atoms with Crippen molar-refractivity contribution in [3.63, 3.8) is 0 Å². The van der Waals surface area contributed by atoms with Gasteiger partial charge in [0.05, 0.1) is 24.9 Å². The van der Waals surface area contributed by atoms with Crippen molar-refractivity contribution in [2.24, 2.45) is 0 Å². The molecule has 2 aromatic rings. The second kappa shape index (κ2) is 7.88. The van der Waals surface area contributed by atoms with Gasteiger partial charge in [0, 0.05) is 24.8 Å². The highest BCUT2D eigenvalue weighted by molar-refractivity contribution is 5.95. The normalized spacial score (nSPS) is 16.2. The number of methoxy groups -OCH3 is 1. The molecule has 1 aromatic heterocycles. The van der Waals surface area contributed by atoms with Gasteiger partial charge in [0.1, 0.15) is 18.2 Å². The van der Waals surface area contributed by atoms with Crippen molar-refractivity contribution in [2.75, 3.05) is 38.3 Å². The van der Waals surface area contributed by atoms with Crippen molar-refractivity contribution in [2.45, 2.75) is 19.3 Å². The predicted molar refractivity (Wildman–Crippen MR) is 104 cm³/mol. The quantitative estimate of drug-likeness (QED) is 0.761. The Balaban J connectivity index is 1.58. The van der Waals surface area contributed by atoms with Crippen molar-refractivity contribution in [1.29, 1.82) is 0 Å². The number of amides is 1. The number of fused-ring (bicyclic) bond motifs is 1. The number of ether oxygens (including phenoxy) is 2. The molecule has 0 aliphatic carbocycles. The molecule has 7 heteroatoms. The van der Waals surface area contributed by atoms with Gasteiger partial charge in [-0.1, -0.05) is 0 Å². The zero-order valence-corrected chi connectivity index (χ0v) is 15.9. The lowest BCUT2D eigenvalue weighted by molar-refractivity contribution is 0.0600. The van der Waals surface area contributed by atoms with E-state index < -0.39 is 5.97 Å². The van der Waals surface area contributed by atoms with Gasteiger partial charge in [-0.05, 0) is 49.6 Å². The molecule has 2 aliphatic rings. The molecule has 3 heterocycles. The number of carbonyl (C=O) groups is 2. The Morgan fingerprint density at radius 1 is 1.04 bits per heavy atom. The number of hydrogen-bond acceptors (Lipinski definition) is 6. The van der Waals surface area contributed by atoms with Crippen molar-refractivity contribution >= 4 is 23.4 Å². The summed E-state index contributed by atoms with van der Waals surface area (Å²) in [6, 6.07) is 9.05. The van der Waals surface area contributed by atoms with Gasteiger partial charge in [0.2, 0.25) is 0 Å². The molecule has 1 saturated heterocycles. The van der Waals surface area contributed by atoms with Crippen LogP contribution in [0.5, 0.6) is 5.75 Å². The van der Waals surface area contributed by atoms with Gasteiger partial charge in [-0.25, -0.2) is 9.78 Å². The molecule has 1 amide bonds. The van der Waals surface area contributed by atoms with Crippen LogP contribution >= 0.6 is 0 Å². The van der Waals surface area contributed by atoms with E-state index in [1.807, 2.05) is 28.0 Å². The first-order valence-corrected chi connectivity index (χ1v) is 9.55. The molecule has 0 atom stereocenters. The summed E-state index contributed by atoms with van der Waals surface area (Å²) in [5.74, 6) is 1.03. The fourth-order valence-electron chi connectivity index (χ4n) is 3.65. The largest absolute Gasteiger partial charge is 0.490 e. The number of anilines is 2.